The number of cyclic esters (lactones) is 1. The first-order valence-corrected chi connectivity index (χ1v) is 12.9. The number of rotatable bonds is 16. The highest BCUT2D eigenvalue weighted by Crippen LogP contribution is 2.33. The summed E-state index contributed by atoms with van der Waals surface area (Å²) < 4.78 is 15.9. The molecule has 1 saturated heterocycles. The van der Waals surface area contributed by atoms with E-state index in [9.17, 15) is 9.90 Å². The molecule has 0 radical (unpaired) electrons. The van der Waals surface area contributed by atoms with Gasteiger partial charge in [0.15, 0.2) is 11.5 Å². The minimum atomic E-state index is -0.613. The fourth-order valence-corrected chi connectivity index (χ4v) is 4.83. The third-order valence-electron chi connectivity index (χ3n) is 6.92. The molecule has 3 atom stereocenters. The lowest BCUT2D eigenvalue weighted by molar-refractivity contribution is -0.143. The van der Waals surface area contributed by atoms with Gasteiger partial charge in [0, 0.05) is 0 Å². The SMILES string of the molecule is C[C@@H]1OC(=O)[C@@H](CCCCCCCCCCCCCCCc2ccc3c(c2)OCO3)[C@H]1O. The van der Waals surface area contributed by atoms with E-state index in [1.807, 2.05) is 6.07 Å². The first-order chi connectivity index (χ1) is 15.6. The Bertz CT molecular complexity index is 689. The maximum Gasteiger partial charge on any atom is 0.312 e. The van der Waals surface area contributed by atoms with Crippen LogP contribution in [0.3, 0.4) is 0 Å². The summed E-state index contributed by atoms with van der Waals surface area (Å²) in [6.45, 7) is 2.12. The predicted octanol–water partition coefficient (Wildman–Crippen LogP) is 6.34. The van der Waals surface area contributed by atoms with Crippen molar-refractivity contribution >= 4 is 5.97 Å². The van der Waals surface area contributed by atoms with Crippen molar-refractivity contribution in [3.8, 4) is 11.5 Å². The van der Waals surface area contributed by atoms with Crippen molar-refractivity contribution in [3.05, 3.63) is 23.8 Å². The van der Waals surface area contributed by atoms with Crippen LogP contribution in [0.15, 0.2) is 18.2 Å². The van der Waals surface area contributed by atoms with E-state index in [1.165, 1.54) is 76.2 Å². The van der Waals surface area contributed by atoms with Gasteiger partial charge in [-0.3, -0.25) is 4.79 Å². The lowest BCUT2D eigenvalue weighted by Crippen LogP contribution is -2.24. The monoisotopic (exact) mass is 446 g/mol. The summed E-state index contributed by atoms with van der Waals surface area (Å²) in [4.78, 5) is 11.7. The smallest absolute Gasteiger partial charge is 0.312 e. The lowest BCUT2D eigenvalue weighted by atomic mass is 9.95. The first kappa shape index (κ1) is 24.9. The zero-order valence-electron chi connectivity index (χ0n) is 19.9. The Hall–Kier alpha value is -1.75. The Labute approximate surface area is 193 Å². The molecule has 1 aromatic rings. The Kier molecular flexibility index (Phi) is 10.7. The summed E-state index contributed by atoms with van der Waals surface area (Å²) in [5.74, 6) is 1.26. The van der Waals surface area contributed by atoms with E-state index in [-0.39, 0.29) is 18.0 Å². The molecule has 0 spiro atoms. The molecule has 5 nitrogen and oxygen atoms in total. The molecule has 0 bridgehead atoms. The Balaban J connectivity index is 1.05. The summed E-state index contributed by atoms with van der Waals surface area (Å²) in [7, 11) is 0. The van der Waals surface area contributed by atoms with Crippen molar-refractivity contribution < 1.29 is 24.1 Å². The summed E-state index contributed by atoms with van der Waals surface area (Å²) in [5.41, 5.74) is 1.35. The van der Waals surface area contributed by atoms with Gasteiger partial charge in [-0.05, 0) is 43.9 Å². The molecule has 180 valence electrons. The second-order valence-corrected chi connectivity index (χ2v) is 9.56. The standard InChI is InChI=1S/C27H42O5/c1-21-26(28)23(27(29)32-21)16-14-12-10-8-6-4-2-3-5-7-9-11-13-15-22-17-18-24-25(19-22)31-20-30-24/h17-19,21,23,26,28H,2-16,20H2,1H3/t21-,23-,26-/m0/s1. The van der Waals surface area contributed by atoms with Crippen molar-refractivity contribution in [2.45, 2.75) is 115 Å². The molecule has 32 heavy (non-hydrogen) atoms. The summed E-state index contributed by atoms with van der Waals surface area (Å²) >= 11 is 0. The molecule has 0 amide bonds. The lowest BCUT2D eigenvalue weighted by Gasteiger charge is -2.11. The second kappa shape index (κ2) is 13.7. The summed E-state index contributed by atoms with van der Waals surface area (Å²) in [5, 5.41) is 9.95. The predicted molar refractivity (Wildman–Crippen MR) is 126 cm³/mol. The number of aliphatic hydroxyl groups excluding tert-OH is 1. The molecule has 0 saturated carbocycles. The number of aliphatic hydroxyl groups is 1. The number of hydrogen-bond acceptors (Lipinski definition) is 5. The van der Waals surface area contributed by atoms with E-state index in [0.29, 0.717) is 6.79 Å². The Morgan fingerprint density at radius 3 is 1.97 bits per heavy atom. The molecule has 2 aliphatic heterocycles. The van der Waals surface area contributed by atoms with E-state index in [2.05, 4.69) is 12.1 Å². The number of carbonyl (C=O) groups excluding carboxylic acids is 1. The normalized spacial score (nSPS) is 21.8. The molecule has 0 aliphatic carbocycles. The van der Waals surface area contributed by atoms with Gasteiger partial charge in [-0.25, -0.2) is 0 Å². The van der Waals surface area contributed by atoms with Crippen molar-refractivity contribution in [1.82, 2.24) is 0 Å². The number of ether oxygens (including phenoxy) is 3. The average Bonchev–Trinajstić information content (AvgIpc) is 3.35. The van der Waals surface area contributed by atoms with Crippen LogP contribution in [0, 0.1) is 5.92 Å². The average molecular weight is 447 g/mol. The van der Waals surface area contributed by atoms with Gasteiger partial charge in [0.1, 0.15) is 12.2 Å². The zero-order valence-corrected chi connectivity index (χ0v) is 19.9. The van der Waals surface area contributed by atoms with Crippen molar-refractivity contribution in [2.75, 3.05) is 6.79 Å². The van der Waals surface area contributed by atoms with Crippen LogP contribution in [0.25, 0.3) is 0 Å². The number of aryl methyl sites for hydroxylation is 1. The molecule has 3 rings (SSSR count). The highest BCUT2D eigenvalue weighted by Gasteiger charge is 2.40. The van der Waals surface area contributed by atoms with E-state index in [0.717, 1.165) is 37.2 Å². The van der Waals surface area contributed by atoms with Crippen LogP contribution in [0.1, 0.15) is 102 Å². The van der Waals surface area contributed by atoms with Crippen LogP contribution in [0.5, 0.6) is 11.5 Å². The highest BCUT2D eigenvalue weighted by atomic mass is 16.7. The number of hydrogen-bond donors (Lipinski definition) is 1. The first-order valence-electron chi connectivity index (χ1n) is 12.9. The number of benzene rings is 1. The van der Waals surface area contributed by atoms with Gasteiger partial charge in [-0.1, -0.05) is 83.1 Å². The van der Waals surface area contributed by atoms with Gasteiger partial charge < -0.3 is 19.3 Å². The maximum absolute atomic E-state index is 11.7. The van der Waals surface area contributed by atoms with Crippen LogP contribution in [0.4, 0.5) is 0 Å². The van der Waals surface area contributed by atoms with Crippen LogP contribution in [0.2, 0.25) is 0 Å². The summed E-state index contributed by atoms with van der Waals surface area (Å²) in [6, 6.07) is 6.31. The molecule has 5 heteroatoms. The van der Waals surface area contributed by atoms with Gasteiger partial charge in [-0.2, -0.15) is 0 Å². The second-order valence-electron chi connectivity index (χ2n) is 9.56. The zero-order chi connectivity index (χ0) is 22.6. The topological polar surface area (TPSA) is 65.0 Å². The third-order valence-corrected chi connectivity index (χ3v) is 6.92. The van der Waals surface area contributed by atoms with E-state index in [1.54, 1.807) is 6.92 Å². The minimum absolute atomic E-state index is 0.213. The molecule has 1 fully saturated rings. The molecule has 2 aliphatic rings. The van der Waals surface area contributed by atoms with Gasteiger partial charge >= 0.3 is 5.97 Å². The number of esters is 1. The molecule has 1 N–H and O–H groups in total. The van der Waals surface area contributed by atoms with Crippen LogP contribution in [-0.4, -0.2) is 30.1 Å². The molecular weight excluding hydrogens is 404 g/mol. The number of carbonyl (C=O) groups is 1. The van der Waals surface area contributed by atoms with E-state index >= 15 is 0 Å². The summed E-state index contributed by atoms with van der Waals surface area (Å²) in [6.07, 6.45) is 17.6. The largest absolute Gasteiger partial charge is 0.460 e. The van der Waals surface area contributed by atoms with E-state index in [4.69, 9.17) is 14.2 Å². The van der Waals surface area contributed by atoms with Gasteiger partial charge in [0.2, 0.25) is 6.79 Å². The van der Waals surface area contributed by atoms with Crippen LogP contribution in [-0.2, 0) is 16.0 Å². The van der Waals surface area contributed by atoms with Crippen molar-refractivity contribution in [3.63, 3.8) is 0 Å². The molecule has 0 unspecified atom stereocenters. The maximum atomic E-state index is 11.7. The van der Waals surface area contributed by atoms with Gasteiger partial charge in [0.05, 0.1) is 5.92 Å². The number of fused-ring (bicyclic) bond motifs is 1. The Morgan fingerprint density at radius 2 is 1.38 bits per heavy atom. The fraction of sp³-hybridized carbons (Fsp3) is 0.741. The van der Waals surface area contributed by atoms with Crippen molar-refractivity contribution in [2.24, 2.45) is 5.92 Å². The number of unbranched alkanes of at least 4 members (excludes halogenated alkanes) is 12. The minimum Gasteiger partial charge on any atom is -0.460 e. The van der Waals surface area contributed by atoms with Gasteiger partial charge in [-0.15, -0.1) is 0 Å². The third kappa shape index (κ3) is 7.99. The molecule has 1 aromatic carbocycles. The molecule has 2 heterocycles. The van der Waals surface area contributed by atoms with Gasteiger partial charge in [0.25, 0.3) is 0 Å². The highest BCUT2D eigenvalue weighted by molar-refractivity contribution is 5.75. The Morgan fingerprint density at radius 1 is 0.812 bits per heavy atom. The van der Waals surface area contributed by atoms with Crippen molar-refractivity contribution in [1.29, 1.82) is 0 Å². The fourth-order valence-electron chi connectivity index (χ4n) is 4.83. The molecular formula is C27H42O5. The molecule has 0 aromatic heterocycles. The van der Waals surface area contributed by atoms with Crippen LogP contribution < -0.4 is 9.47 Å². The van der Waals surface area contributed by atoms with Crippen LogP contribution >= 0.6 is 0 Å². The van der Waals surface area contributed by atoms with E-state index < -0.39 is 6.10 Å². The quantitative estimate of drug-likeness (QED) is 0.237.